The Hall–Kier alpha value is -3.39. The summed E-state index contributed by atoms with van der Waals surface area (Å²) in [7, 11) is 1.62. The lowest BCUT2D eigenvalue weighted by Gasteiger charge is -2.04. The van der Waals surface area contributed by atoms with Gasteiger partial charge in [0, 0.05) is 31.1 Å². The number of nitrogens with zero attached hydrogens (tertiary/aromatic N) is 3. The first-order valence-corrected chi connectivity index (χ1v) is 9.14. The molecule has 2 heterocycles. The molecule has 140 valence electrons. The predicted molar refractivity (Wildman–Crippen MR) is 104 cm³/mol. The highest BCUT2D eigenvalue weighted by Crippen LogP contribution is 2.30. The van der Waals surface area contributed by atoms with Gasteiger partial charge in [0.25, 0.3) is 5.91 Å². The van der Waals surface area contributed by atoms with Gasteiger partial charge in [0.15, 0.2) is 5.13 Å². The molecule has 0 atom stereocenters. The first-order chi connectivity index (χ1) is 13.5. The number of hydrogen-bond donors (Lipinski definition) is 1. The molecule has 4 aromatic rings. The smallest absolute Gasteiger partial charge is 0.261 e. The average Bonchev–Trinajstić information content (AvgIpc) is 3.29. The fraction of sp³-hybridized carbons (Fsp3) is 0.0500. The summed E-state index contributed by atoms with van der Waals surface area (Å²) in [5.74, 6) is -1.95. The number of aryl methyl sites for hydroxylation is 1. The van der Waals surface area contributed by atoms with E-state index in [2.05, 4.69) is 15.4 Å². The number of rotatable bonds is 4. The molecule has 0 bridgehead atoms. The van der Waals surface area contributed by atoms with Crippen molar-refractivity contribution >= 4 is 22.4 Å². The van der Waals surface area contributed by atoms with Gasteiger partial charge in [-0.15, -0.1) is 0 Å². The third-order valence-electron chi connectivity index (χ3n) is 4.04. The van der Waals surface area contributed by atoms with Crippen molar-refractivity contribution in [3.63, 3.8) is 0 Å². The Labute approximate surface area is 163 Å². The van der Waals surface area contributed by atoms with E-state index in [-0.39, 0.29) is 16.8 Å². The average molecular weight is 396 g/mol. The van der Waals surface area contributed by atoms with E-state index in [4.69, 9.17) is 0 Å². The molecule has 0 saturated carbocycles. The van der Waals surface area contributed by atoms with Crippen molar-refractivity contribution in [2.24, 2.45) is 7.05 Å². The Morgan fingerprint density at radius 3 is 2.68 bits per heavy atom. The minimum atomic E-state index is -0.784. The standard InChI is InChI=1S/C20H14F2N4OS/c1-26-11-15(18(25-26)14-8-7-13(21)9-16(14)22)19(27)24-20-23-10-17(28-20)12-5-3-2-4-6-12/h2-11H,1H3,(H,23,24,27). The Morgan fingerprint density at radius 1 is 1.14 bits per heavy atom. The Kier molecular flexibility index (Phi) is 4.70. The van der Waals surface area contributed by atoms with Crippen molar-refractivity contribution in [1.82, 2.24) is 14.8 Å². The van der Waals surface area contributed by atoms with Crippen LogP contribution >= 0.6 is 11.3 Å². The number of halogens is 2. The van der Waals surface area contributed by atoms with Crippen LogP contribution < -0.4 is 5.32 Å². The lowest BCUT2D eigenvalue weighted by molar-refractivity contribution is 0.102. The van der Waals surface area contributed by atoms with Crippen molar-refractivity contribution in [1.29, 1.82) is 0 Å². The topological polar surface area (TPSA) is 59.8 Å². The van der Waals surface area contributed by atoms with Crippen molar-refractivity contribution < 1.29 is 13.6 Å². The molecule has 4 rings (SSSR count). The minimum Gasteiger partial charge on any atom is -0.298 e. The van der Waals surface area contributed by atoms with Crippen molar-refractivity contribution in [2.75, 3.05) is 5.32 Å². The van der Waals surface area contributed by atoms with E-state index in [0.717, 1.165) is 22.6 Å². The second kappa shape index (κ2) is 7.32. The summed E-state index contributed by atoms with van der Waals surface area (Å²) in [6, 6.07) is 12.8. The van der Waals surface area contributed by atoms with Gasteiger partial charge < -0.3 is 0 Å². The van der Waals surface area contributed by atoms with Crippen LogP contribution in [0.1, 0.15) is 10.4 Å². The van der Waals surface area contributed by atoms with Crippen LogP contribution in [0, 0.1) is 11.6 Å². The van der Waals surface area contributed by atoms with Crippen molar-refractivity contribution in [2.45, 2.75) is 0 Å². The molecule has 0 aliphatic heterocycles. The van der Waals surface area contributed by atoms with Gasteiger partial charge in [-0.1, -0.05) is 41.7 Å². The van der Waals surface area contributed by atoms with Crippen LogP contribution in [0.5, 0.6) is 0 Å². The fourth-order valence-corrected chi connectivity index (χ4v) is 3.58. The minimum absolute atomic E-state index is 0.0521. The zero-order valence-corrected chi connectivity index (χ0v) is 15.5. The first-order valence-electron chi connectivity index (χ1n) is 8.33. The van der Waals surface area contributed by atoms with Gasteiger partial charge in [-0.2, -0.15) is 5.10 Å². The van der Waals surface area contributed by atoms with Crippen LogP contribution in [-0.2, 0) is 7.05 Å². The maximum absolute atomic E-state index is 14.2. The monoisotopic (exact) mass is 396 g/mol. The number of carbonyl (C=O) groups excluding carboxylic acids is 1. The van der Waals surface area contributed by atoms with Crippen molar-refractivity contribution in [3.8, 4) is 21.7 Å². The number of aromatic nitrogens is 3. The van der Waals surface area contributed by atoms with Gasteiger partial charge >= 0.3 is 0 Å². The molecular formula is C20H14F2N4OS. The van der Waals surface area contributed by atoms with Gasteiger partial charge in [0.05, 0.1) is 10.4 Å². The second-order valence-electron chi connectivity index (χ2n) is 6.04. The van der Waals surface area contributed by atoms with E-state index < -0.39 is 17.5 Å². The van der Waals surface area contributed by atoms with Crippen LogP contribution in [0.2, 0.25) is 0 Å². The summed E-state index contributed by atoms with van der Waals surface area (Å²) < 4.78 is 28.8. The van der Waals surface area contributed by atoms with E-state index in [1.54, 1.807) is 13.2 Å². The number of benzene rings is 2. The number of nitrogens with one attached hydrogen (secondary N) is 1. The fourth-order valence-electron chi connectivity index (χ4n) is 2.77. The third-order valence-corrected chi connectivity index (χ3v) is 5.01. The molecule has 0 saturated heterocycles. The molecule has 2 aromatic heterocycles. The molecule has 0 spiro atoms. The number of thiazole rings is 1. The van der Waals surface area contributed by atoms with Crippen LogP contribution in [0.15, 0.2) is 60.9 Å². The number of anilines is 1. The summed E-state index contributed by atoms with van der Waals surface area (Å²) in [5.41, 5.74) is 1.36. The maximum Gasteiger partial charge on any atom is 0.261 e. The summed E-state index contributed by atoms with van der Waals surface area (Å²) in [6.07, 6.45) is 3.17. The molecular weight excluding hydrogens is 382 g/mol. The van der Waals surface area contributed by atoms with Gasteiger partial charge in [-0.25, -0.2) is 13.8 Å². The lowest BCUT2D eigenvalue weighted by atomic mass is 10.1. The molecule has 1 N–H and O–H groups in total. The van der Waals surface area contributed by atoms with Gasteiger partial charge in [-0.05, 0) is 17.7 Å². The highest BCUT2D eigenvalue weighted by atomic mass is 32.1. The summed E-state index contributed by atoms with van der Waals surface area (Å²) in [5, 5.41) is 7.30. The van der Waals surface area contributed by atoms with E-state index in [0.29, 0.717) is 5.13 Å². The Bertz CT molecular complexity index is 1150. The van der Waals surface area contributed by atoms with Gasteiger partial charge in [0.1, 0.15) is 17.3 Å². The lowest BCUT2D eigenvalue weighted by Crippen LogP contribution is -2.12. The summed E-state index contributed by atoms with van der Waals surface area (Å²) in [6.45, 7) is 0. The molecule has 0 radical (unpaired) electrons. The summed E-state index contributed by atoms with van der Waals surface area (Å²) >= 11 is 1.33. The molecule has 0 aliphatic rings. The molecule has 0 unspecified atom stereocenters. The van der Waals surface area contributed by atoms with Crippen molar-refractivity contribution in [3.05, 3.63) is 78.1 Å². The van der Waals surface area contributed by atoms with E-state index >= 15 is 0 Å². The van der Waals surface area contributed by atoms with E-state index in [1.165, 1.54) is 28.3 Å². The van der Waals surface area contributed by atoms with Crippen LogP contribution in [0.25, 0.3) is 21.7 Å². The normalized spacial score (nSPS) is 10.8. The molecule has 8 heteroatoms. The van der Waals surface area contributed by atoms with Gasteiger partial charge in [0.2, 0.25) is 0 Å². The van der Waals surface area contributed by atoms with Crippen LogP contribution in [-0.4, -0.2) is 20.7 Å². The maximum atomic E-state index is 14.2. The Balaban J connectivity index is 1.62. The molecule has 28 heavy (non-hydrogen) atoms. The SMILES string of the molecule is Cn1cc(C(=O)Nc2ncc(-c3ccccc3)s2)c(-c2ccc(F)cc2F)n1. The zero-order valence-electron chi connectivity index (χ0n) is 14.7. The molecule has 0 aliphatic carbocycles. The van der Waals surface area contributed by atoms with Crippen LogP contribution in [0.4, 0.5) is 13.9 Å². The summed E-state index contributed by atoms with van der Waals surface area (Å²) in [4.78, 5) is 17.9. The molecule has 1 amide bonds. The highest BCUT2D eigenvalue weighted by Gasteiger charge is 2.21. The number of carbonyl (C=O) groups is 1. The Morgan fingerprint density at radius 2 is 1.93 bits per heavy atom. The molecule has 0 fully saturated rings. The van der Waals surface area contributed by atoms with E-state index in [9.17, 15) is 13.6 Å². The molecule has 2 aromatic carbocycles. The van der Waals surface area contributed by atoms with Crippen LogP contribution in [0.3, 0.4) is 0 Å². The second-order valence-corrected chi connectivity index (χ2v) is 7.07. The zero-order chi connectivity index (χ0) is 19.7. The number of amides is 1. The highest BCUT2D eigenvalue weighted by molar-refractivity contribution is 7.19. The quantitative estimate of drug-likeness (QED) is 0.542. The predicted octanol–water partition coefficient (Wildman–Crippen LogP) is 4.74. The largest absolute Gasteiger partial charge is 0.298 e. The third kappa shape index (κ3) is 3.54. The first kappa shape index (κ1) is 18.0. The number of hydrogen-bond acceptors (Lipinski definition) is 4. The van der Waals surface area contributed by atoms with E-state index in [1.807, 2.05) is 30.3 Å². The van der Waals surface area contributed by atoms with Gasteiger partial charge in [-0.3, -0.25) is 14.8 Å². The molecule has 5 nitrogen and oxygen atoms in total.